The van der Waals surface area contributed by atoms with Crippen molar-refractivity contribution in [3.05, 3.63) is 76.1 Å². The number of carbonyl (C=O) groups is 3. The molecular weight excluding hydrogens is 540 g/mol. The Morgan fingerprint density at radius 1 is 1.26 bits per heavy atom. The van der Waals surface area contributed by atoms with Gasteiger partial charge in [-0.3, -0.25) is 14.5 Å². The highest BCUT2D eigenvalue weighted by molar-refractivity contribution is 8.01. The third-order valence-electron chi connectivity index (χ3n) is 6.29. The van der Waals surface area contributed by atoms with Crippen LogP contribution in [0.25, 0.3) is 0 Å². The molecule has 0 spiro atoms. The maximum Gasteiger partial charge on any atom is 0.335 e. The number of nitrogens with one attached hydrogen (secondary N) is 1. The van der Waals surface area contributed by atoms with Gasteiger partial charge in [0.1, 0.15) is 17.3 Å². The van der Waals surface area contributed by atoms with Crippen LogP contribution in [0, 0.1) is 18.3 Å². The Morgan fingerprint density at radius 3 is 2.69 bits per heavy atom. The van der Waals surface area contributed by atoms with Crippen molar-refractivity contribution in [2.24, 2.45) is 5.73 Å². The van der Waals surface area contributed by atoms with E-state index in [2.05, 4.69) is 21.6 Å². The number of nitrogens with zero attached hydrogens (tertiary/aromatic N) is 4. The van der Waals surface area contributed by atoms with Crippen molar-refractivity contribution in [3.63, 3.8) is 0 Å². The quantitative estimate of drug-likeness (QED) is 0.352. The summed E-state index contributed by atoms with van der Waals surface area (Å²) in [6, 6.07) is 11.6. The molecule has 4 N–H and O–H groups in total. The van der Waals surface area contributed by atoms with Gasteiger partial charge in [0, 0.05) is 23.4 Å². The average molecular weight is 563 g/mol. The summed E-state index contributed by atoms with van der Waals surface area (Å²) in [4.78, 5) is 38.2. The van der Waals surface area contributed by atoms with E-state index in [-0.39, 0.29) is 34.4 Å². The van der Waals surface area contributed by atoms with Crippen LogP contribution in [0.3, 0.4) is 0 Å². The van der Waals surface area contributed by atoms with E-state index in [1.165, 1.54) is 47.4 Å². The van der Waals surface area contributed by atoms with E-state index in [9.17, 15) is 19.6 Å². The smallest absolute Gasteiger partial charge is 0.335 e. The monoisotopic (exact) mass is 562 g/mol. The summed E-state index contributed by atoms with van der Waals surface area (Å²) < 4.78 is 6.32. The molecule has 3 aromatic rings. The van der Waals surface area contributed by atoms with Crippen LogP contribution in [0.2, 0.25) is 0 Å². The predicted molar refractivity (Wildman–Crippen MR) is 144 cm³/mol. The SMILES string of the molecule is Cc1ccc(C2C(C#N)=C(N)N(c3nnc(SCC(=O)Nc4ccc(C(=O)O)cc4)s3)C3=C2C(=O)CCC3)o1. The number of ketones is 1. The van der Waals surface area contributed by atoms with Crippen molar-refractivity contribution in [1.82, 2.24) is 10.2 Å². The molecule has 1 unspecified atom stereocenters. The number of aromatic nitrogens is 2. The van der Waals surface area contributed by atoms with Gasteiger partial charge in [-0.15, -0.1) is 10.2 Å². The molecular formula is C26H22N6O5S2. The Kier molecular flexibility index (Phi) is 7.23. The highest BCUT2D eigenvalue weighted by Crippen LogP contribution is 2.47. The lowest BCUT2D eigenvalue weighted by Gasteiger charge is -2.37. The molecule has 1 aliphatic heterocycles. The number of aromatic carboxylic acids is 1. The third kappa shape index (κ3) is 5.16. The molecule has 0 bridgehead atoms. The van der Waals surface area contributed by atoms with Gasteiger partial charge in [-0.1, -0.05) is 23.1 Å². The second-order valence-corrected chi connectivity index (χ2v) is 11.0. The summed E-state index contributed by atoms with van der Waals surface area (Å²) in [6.45, 7) is 1.80. The number of nitrogens with two attached hydrogens (primary N) is 1. The predicted octanol–water partition coefficient (Wildman–Crippen LogP) is 4.17. The highest BCUT2D eigenvalue weighted by Gasteiger charge is 2.42. The zero-order valence-corrected chi connectivity index (χ0v) is 22.3. The number of anilines is 2. The molecule has 5 rings (SSSR count). The van der Waals surface area contributed by atoms with E-state index < -0.39 is 11.9 Å². The molecule has 1 amide bonds. The number of nitriles is 1. The van der Waals surface area contributed by atoms with Crippen molar-refractivity contribution >= 4 is 51.6 Å². The van der Waals surface area contributed by atoms with Crippen molar-refractivity contribution < 1.29 is 23.9 Å². The van der Waals surface area contributed by atoms with Gasteiger partial charge >= 0.3 is 5.97 Å². The molecule has 2 aliphatic rings. The lowest BCUT2D eigenvalue weighted by Crippen LogP contribution is -2.38. The number of carboxylic acids is 1. The standard InChI is InChI=1S/C26H22N6O5S2/c1-13-5-10-19(37-13)21-16(11-27)23(28)32(17-3-2-4-18(33)22(17)21)25-30-31-26(39-25)38-12-20(34)29-15-8-6-14(7-9-15)24(35)36/h5-10,21H,2-4,12,28H2,1H3,(H,29,34)(H,35,36). The van der Waals surface area contributed by atoms with E-state index in [4.69, 9.17) is 15.3 Å². The molecule has 1 atom stereocenters. The van der Waals surface area contributed by atoms with Crippen LogP contribution in [0.15, 0.2) is 67.8 Å². The number of thioether (sulfide) groups is 1. The summed E-state index contributed by atoms with van der Waals surface area (Å²) in [7, 11) is 0. The van der Waals surface area contributed by atoms with Crippen molar-refractivity contribution in [1.29, 1.82) is 5.26 Å². The zero-order chi connectivity index (χ0) is 27.7. The van der Waals surface area contributed by atoms with E-state index in [0.717, 1.165) is 0 Å². The van der Waals surface area contributed by atoms with Gasteiger partial charge in [0.2, 0.25) is 11.0 Å². The summed E-state index contributed by atoms with van der Waals surface area (Å²) in [6.07, 6.45) is 1.58. The second kappa shape index (κ2) is 10.8. The fourth-order valence-electron chi connectivity index (χ4n) is 4.57. The molecule has 3 heterocycles. The Balaban J connectivity index is 1.36. The Morgan fingerprint density at radius 2 is 2.03 bits per heavy atom. The van der Waals surface area contributed by atoms with Crippen LogP contribution in [0.1, 0.15) is 47.1 Å². The number of rotatable bonds is 7. The normalized spacial score (nSPS) is 17.2. The van der Waals surface area contributed by atoms with Gasteiger partial charge in [0.15, 0.2) is 10.1 Å². The van der Waals surface area contributed by atoms with Crippen LogP contribution < -0.4 is 16.0 Å². The summed E-state index contributed by atoms with van der Waals surface area (Å²) in [5, 5.41) is 30.6. The maximum absolute atomic E-state index is 13.1. The molecule has 11 nitrogen and oxygen atoms in total. The number of carbonyl (C=O) groups excluding carboxylic acids is 2. The van der Waals surface area contributed by atoms with Crippen LogP contribution in [-0.2, 0) is 9.59 Å². The molecule has 1 aliphatic carbocycles. The molecule has 39 heavy (non-hydrogen) atoms. The molecule has 0 saturated carbocycles. The number of benzene rings is 1. The first-order valence-electron chi connectivity index (χ1n) is 11.9. The molecule has 0 fully saturated rings. The average Bonchev–Trinajstić information content (AvgIpc) is 3.56. The Labute approximate surface area is 231 Å². The lowest BCUT2D eigenvalue weighted by molar-refractivity contribution is -0.116. The highest BCUT2D eigenvalue weighted by atomic mass is 32.2. The summed E-state index contributed by atoms with van der Waals surface area (Å²) in [5.41, 5.74) is 8.49. The van der Waals surface area contributed by atoms with Gasteiger partial charge in [-0.05, 0) is 56.2 Å². The van der Waals surface area contributed by atoms with E-state index in [1.54, 1.807) is 24.0 Å². The summed E-state index contributed by atoms with van der Waals surface area (Å²) >= 11 is 2.37. The van der Waals surface area contributed by atoms with Crippen LogP contribution in [0.5, 0.6) is 0 Å². The fraction of sp³-hybridized carbons (Fsp3) is 0.231. The van der Waals surface area contributed by atoms with Gasteiger partial charge in [-0.25, -0.2) is 4.79 Å². The minimum atomic E-state index is -1.05. The number of aryl methyl sites for hydroxylation is 1. The van der Waals surface area contributed by atoms with Crippen LogP contribution >= 0.6 is 23.1 Å². The number of amides is 1. The Hall–Kier alpha value is -4.41. The van der Waals surface area contributed by atoms with Gasteiger partial charge in [0.25, 0.3) is 0 Å². The minimum absolute atomic E-state index is 0.0381. The molecule has 198 valence electrons. The number of carboxylic acid groups (broad SMARTS) is 1. The molecule has 2 aromatic heterocycles. The first-order chi connectivity index (χ1) is 18.8. The van der Waals surface area contributed by atoms with E-state index >= 15 is 0 Å². The third-order valence-corrected chi connectivity index (χ3v) is 8.33. The first-order valence-corrected chi connectivity index (χ1v) is 13.7. The number of allylic oxidation sites excluding steroid dienone is 3. The fourth-order valence-corrected chi connectivity index (χ4v) is 6.25. The van der Waals surface area contributed by atoms with E-state index in [0.29, 0.717) is 57.2 Å². The van der Waals surface area contributed by atoms with Gasteiger partial charge in [0.05, 0.1) is 28.9 Å². The topological polar surface area (TPSA) is 175 Å². The number of hydrogen-bond acceptors (Lipinski definition) is 11. The lowest BCUT2D eigenvalue weighted by atomic mass is 9.78. The summed E-state index contributed by atoms with van der Waals surface area (Å²) in [5.74, 6) is -0.730. The van der Waals surface area contributed by atoms with Crippen LogP contribution in [-0.4, -0.2) is 38.7 Å². The molecule has 13 heteroatoms. The number of Topliss-reactive ketones (excluding diaryl/α,β-unsaturated/α-hetero) is 1. The zero-order valence-electron chi connectivity index (χ0n) is 20.6. The van der Waals surface area contributed by atoms with Gasteiger partial charge < -0.3 is 20.6 Å². The molecule has 0 radical (unpaired) electrons. The van der Waals surface area contributed by atoms with Crippen molar-refractivity contribution in [3.8, 4) is 6.07 Å². The Bertz CT molecular complexity index is 1580. The number of hydrogen-bond donors (Lipinski definition) is 3. The van der Waals surface area contributed by atoms with Crippen molar-refractivity contribution in [2.45, 2.75) is 36.4 Å². The number of furan rings is 1. The maximum atomic E-state index is 13.1. The minimum Gasteiger partial charge on any atom is -0.478 e. The largest absolute Gasteiger partial charge is 0.478 e. The first kappa shape index (κ1) is 26.2. The van der Waals surface area contributed by atoms with E-state index in [1.807, 2.05) is 0 Å². The molecule has 1 aromatic carbocycles. The second-order valence-electron chi connectivity index (χ2n) is 8.83. The molecule has 0 saturated heterocycles. The van der Waals surface area contributed by atoms with Gasteiger partial charge in [-0.2, -0.15) is 5.26 Å². The van der Waals surface area contributed by atoms with Crippen LogP contribution in [0.4, 0.5) is 10.8 Å². The van der Waals surface area contributed by atoms with Crippen molar-refractivity contribution in [2.75, 3.05) is 16.0 Å².